The largest absolute Gasteiger partial charge is 0.343 e. The summed E-state index contributed by atoms with van der Waals surface area (Å²) in [5.74, 6) is 0.291. The fourth-order valence-corrected chi connectivity index (χ4v) is 3.84. The number of halogens is 1. The minimum absolute atomic E-state index is 0.160. The third kappa shape index (κ3) is 5.58. The summed E-state index contributed by atoms with van der Waals surface area (Å²) in [5, 5.41) is 14.9. The van der Waals surface area contributed by atoms with Gasteiger partial charge >= 0.3 is 0 Å². The molecule has 1 heterocycles. The average Bonchev–Trinajstić information content (AvgIpc) is 3.13. The van der Waals surface area contributed by atoms with Crippen molar-refractivity contribution in [3.8, 4) is 0 Å². The van der Waals surface area contributed by atoms with Crippen molar-refractivity contribution in [1.29, 1.82) is 0 Å². The van der Waals surface area contributed by atoms with Gasteiger partial charge in [-0.15, -0.1) is 10.2 Å². The molecular weight excluding hydrogens is 410 g/mol. The fraction of sp³-hybridized carbons (Fsp3) is 0.200. The van der Waals surface area contributed by atoms with E-state index in [1.165, 1.54) is 11.8 Å². The van der Waals surface area contributed by atoms with E-state index in [1.54, 1.807) is 28.8 Å². The number of amides is 2. The second-order valence-electron chi connectivity index (χ2n) is 6.03. The van der Waals surface area contributed by atoms with Crippen molar-refractivity contribution in [2.24, 2.45) is 0 Å². The molecule has 0 radical (unpaired) electrons. The van der Waals surface area contributed by atoms with Crippen LogP contribution in [0, 0.1) is 0 Å². The molecule has 0 aliphatic heterocycles. The summed E-state index contributed by atoms with van der Waals surface area (Å²) in [6.45, 7) is 2.37. The summed E-state index contributed by atoms with van der Waals surface area (Å²) in [4.78, 5) is 24.3. The van der Waals surface area contributed by atoms with E-state index in [2.05, 4.69) is 20.8 Å². The zero-order valence-electron chi connectivity index (χ0n) is 15.8. The molecule has 29 heavy (non-hydrogen) atoms. The molecule has 2 aromatic carbocycles. The molecule has 0 saturated carbocycles. The number of carbonyl (C=O) groups excluding carboxylic acids is 2. The van der Waals surface area contributed by atoms with Crippen molar-refractivity contribution in [1.82, 2.24) is 20.1 Å². The molecule has 3 rings (SSSR count). The lowest BCUT2D eigenvalue weighted by Gasteiger charge is -2.09. The highest BCUT2D eigenvalue weighted by Crippen LogP contribution is 2.26. The first-order chi connectivity index (χ1) is 14.1. The van der Waals surface area contributed by atoms with E-state index in [-0.39, 0.29) is 18.4 Å². The molecule has 2 N–H and O–H groups in total. The van der Waals surface area contributed by atoms with E-state index in [4.69, 9.17) is 11.6 Å². The van der Waals surface area contributed by atoms with Gasteiger partial charge in [0, 0.05) is 22.9 Å². The topological polar surface area (TPSA) is 88.9 Å². The number of hydrogen-bond acceptors (Lipinski definition) is 5. The third-order valence-electron chi connectivity index (χ3n) is 4.04. The maximum Gasteiger partial charge on any atom is 0.251 e. The molecule has 150 valence electrons. The van der Waals surface area contributed by atoms with Crippen LogP contribution in [0.2, 0.25) is 5.02 Å². The number of nitrogens with one attached hydrogen (secondary N) is 2. The molecule has 0 saturated heterocycles. The first-order valence-electron chi connectivity index (χ1n) is 9.01. The van der Waals surface area contributed by atoms with E-state index >= 15 is 0 Å². The van der Waals surface area contributed by atoms with Gasteiger partial charge < -0.3 is 5.32 Å². The number of hydrogen-bond donors (Lipinski definition) is 2. The van der Waals surface area contributed by atoms with Crippen LogP contribution in [0.15, 0.2) is 59.8 Å². The van der Waals surface area contributed by atoms with Gasteiger partial charge in [0.15, 0.2) is 5.16 Å². The van der Waals surface area contributed by atoms with Gasteiger partial charge in [0.2, 0.25) is 11.9 Å². The minimum Gasteiger partial charge on any atom is -0.343 e. The van der Waals surface area contributed by atoms with Crippen molar-refractivity contribution < 1.29 is 9.59 Å². The van der Waals surface area contributed by atoms with Crippen LogP contribution in [0.3, 0.4) is 0 Å². The monoisotopic (exact) mass is 429 g/mol. The van der Waals surface area contributed by atoms with Crippen LogP contribution in [0.25, 0.3) is 0 Å². The second-order valence-corrected chi connectivity index (χ2v) is 7.38. The van der Waals surface area contributed by atoms with Gasteiger partial charge in [-0.2, -0.15) is 0 Å². The van der Waals surface area contributed by atoms with Crippen LogP contribution >= 0.6 is 23.4 Å². The lowest BCUT2D eigenvalue weighted by atomic mass is 10.2. The highest BCUT2D eigenvalue weighted by Gasteiger charge is 2.15. The number of anilines is 1. The Bertz CT molecular complexity index is 994. The van der Waals surface area contributed by atoms with Crippen LogP contribution < -0.4 is 10.6 Å². The molecule has 0 atom stereocenters. The predicted molar refractivity (Wildman–Crippen MR) is 114 cm³/mol. The average molecular weight is 430 g/mol. The molecular formula is C20H20ClN5O2S. The van der Waals surface area contributed by atoms with Crippen LogP contribution in [0.1, 0.15) is 22.8 Å². The van der Waals surface area contributed by atoms with Crippen LogP contribution in [-0.4, -0.2) is 33.1 Å². The molecule has 0 unspecified atom stereocenters. The Morgan fingerprint density at radius 1 is 1.07 bits per heavy atom. The number of benzene rings is 2. The molecule has 1 aromatic heterocycles. The van der Waals surface area contributed by atoms with Gasteiger partial charge in [-0.25, -0.2) is 0 Å². The third-order valence-corrected chi connectivity index (χ3v) is 5.43. The predicted octanol–water partition coefficient (Wildman–Crippen LogP) is 3.61. The first kappa shape index (κ1) is 20.9. The molecule has 7 nitrogen and oxygen atoms in total. The van der Waals surface area contributed by atoms with E-state index in [1.807, 2.05) is 37.3 Å². The molecule has 0 fully saturated rings. The Balaban J connectivity index is 1.57. The van der Waals surface area contributed by atoms with Crippen molar-refractivity contribution in [2.75, 3.05) is 11.9 Å². The smallest absolute Gasteiger partial charge is 0.251 e. The molecule has 0 bridgehead atoms. The second kappa shape index (κ2) is 10.1. The lowest BCUT2D eigenvalue weighted by Crippen LogP contribution is -2.33. The maximum atomic E-state index is 12.2. The molecule has 2 amide bonds. The molecule has 0 aliphatic carbocycles. The van der Waals surface area contributed by atoms with Gasteiger partial charge in [0.1, 0.15) is 0 Å². The number of nitrogens with zero attached hydrogens (tertiary/aromatic N) is 3. The van der Waals surface area contributed by atoms with Gasteiger partial charge in [-0.3, -0.25) is 19.5 Å². The Labute approximate surface area is 177 Å². The summed E-state index contributed by atoms with van der Waals surface area (Å²) >= 11 is 7.68. The fourth-order valence-electron chi connectivity index (χ4n) is 2.55. The lowest BCUT2D eigenvalue weighted by molar-refractivity contribution is -0.115. The van der Waals surface area contributed by atoms with Gasteiger partial charge in [0.05, 0.1) is 6.54 Å². The number of carbonyl (C=O) groups is 2. The van der Waals surface area contributed by atoms with E-state index in [0.29, 0.717) is 34.0 Å². The molecule has 9 heteroatoms. The van der Waals surface area contributed by atoms with E-state index in [0.717, 1.165) is 5.56 Å². The first-order valence-corrected chi connectivity index (χ1v) is 10.4. The van der Waals surface area contributed by atoms with Gasteiger partial charge in [-0.1, -0.05) is 59.8 Å². The van der Waals surface area contributed by atoms with E-state index < -0.39 is 0 Å². The Morgan fingerprint density at radius 2 is 1.79 bits per heavy atom. The highest BCUT2D eigenvalue weighted by atomic mass is 35.5. The molecule has 0 spiro atoms. The SMILES string of the molecule is CCn1c(NC(=O)CNC(=O)c2ccccc2)nnc1SCc1ccccc1Cl. The molecule has 0 aliphatic rings. The summed E-state index contributed by atoms with van der Waals surface area (Å²) in [5.41, 5.74) is 1.49. The van der Waals surface area contributed by atoms with Crippen molar-refractivity contribution >= 4 is 41.1 Å². The number of rotatable bonds is 8. The molecule has 3 aromatic rings. The summed E-state index contributed by atoms with van der Waals surface area (Å²) in [6, 6.07) is 16.3. The zero-order chi connectivity index (χ0) is 20.6. The highest BCUT2D eigenvalue weighted by molar-refractivity contribution is 7.98. The Morgan fingerprint density at radius 3 is 2.52 bits per heavy atom. The van der Waals surface area contributed by atoms with Crippen LogP contribution in [0.4, 0.5) is 5.95 Å². The van der Waals surface area contributed by atoms with E-state index in [9.17, 15) is 9.59 Å². The van der Waals surface area contributed by atoms with Crippen LogP contribution in [-0.2, 0) is 17.1 Å². The summed E-state index contributed by atoms with van der Waals surface area (Å²) in [7, 11) is 0. The zero-order valence-corrected chi connectivity index (χ0v) is 17.3. The normalized spacial score (nSPS) is 10.6. The van der Waals surface area contributed by atoms with Crippen molar-refractivity contribution in [3.05, 3.63) is 70.7 Å². The summed E-state index contributed by atoms with van der Waals surface area (Å²) < 4.78 is 1.80. The van der Waals surface area contributed by atoms with Gasteiger partial charge in [0.25, 0.3) is 5.91 Å². The van der Waals surface area contributed by atoms with Crippen molar-refractivity contribution in [3.63, 3.8) is 0 Å². The minimum atomic E-state index is -0.376. The standard InChI is InChI=1S/C20H20ClN5O2S/c1-2-26-19(23-17(27)12-22-18(28)14-8-4-3-5-9-14)24-25-20(26)29-13-15-10-6-7-11-16(15)21/h3-11H,2,12-13H2,1H3,(H,22,28)(H,23,24,27). The summed E-state index contributed by atoms with van der Waals surface area (Å²) in [6.07, 6.45) is 0. The Hall–Kier alpha value is -2.84. The number of aromatic nitrogens is 3. The maximum absolute atomic E-state index is 12.2. The van der Waals surface area contributed by atoms with Crippen molar-refractivity contribution in [2.45, 2.75) is 24.4 Å². The Kier molecular flexibility index (Phi) is 7.26. The van der Waals surface area contributed by atoms with Gasteiger partial charge in [-0.05, 0) is 30.7 Å². The quantitative estimate of drug-likeness (QED) is 0.534. The number of thioether (sulfide) groups is 1. The van der Waals surface area contributed by atoms with Crippen LogP contribution in [0.5, 0.6) is 0 Å².